The summed E-state index contributed by atoms with van der Waals surface area (Å²) in [6.45, 7) is 5.94. The van der Waals surface area contributed by atoms with E-state index in [0.29, 0.717) is 11.5 Å². The van der Waals surface area contributed by atoms with Crippen LogP contribution in [0, 0.1) is 6.92 Å². The molecule has 0 fully saturated rings. The fourth-order valence-electron chi connectivity index (χ4n) is 1.48. The number of hydrogen-bond donors (Lipinski definition) is 1. The van der Waals surface area contributed by atoms with Gasteiger partial charge in [0.25, 0.3) is 6.01 Å². The van der Waals surface area contributed by atoms with E-state index in [4.69, 9.17) is 14.6 Å². The Hall–Kier alpha value is -1.71. The molecule has 0 aliphatic heterocycles. The van der Waals surface area contributed by atoms with Crippen molar-refractivity contribution >= 4 is 6.01 Å². The van der Waals surface area contributed by atoms with Gasteiger partial charge in [-0.15, -0.1) is 0 Å². The molecule has 80 valence electrons. The van der Waals surface area contributed by atoms with Crippen LogP contribution in [0.15, 0.2) is 21.0 Å². The van der Waals surface area contributed by atoms with Crippen LogP contribution in [-0.2, 0) is 0 Å². The van der Waals surface area contributed by atoms with Crippen LogP contribution in [0.25, 0.3) is 11.5 Å². The molecular weight excluding hydrogens is 192 g/mol. The van der Waals surface area contributed by atoms with Gasteiger partial charge in [-0.05, 0) is 19.1 Å². The number of furan rings is 1. The smallest absolute Gasteiger partial charge is 0.292 e. The van der Waals surface area contributed by atoms with E-state index in [9.17, 15) is 0 Å². The first kappa shape index (κ1) is 9.83. The summed E-state index contributed by atoms with van der Waals surface area (Å²) in [6.07, 6.45) is 0. The summed E-state index contributed by atoms with van der Waals surface area (Å²) in [7, 11) is 0. The van der Waals surface area contributed by atoms with Crippen LogP contribution in [0.3, 0.4) is 0 Å². The topological polar surface area (TPSA) is 65.2 Å². The second kappa shape index (κ2) is 3.46. The normalized spacial score (nSPS) is 11.2. The molecule has 0 amide bonds. The van der Waals surface area contributed by atoms with Crippen LogP contribution in [0.1, 0.15) is 31.3 Å². The number of nitrogen functional groups attached to an aromatic ring is 1. The Morgan fingerprint density at radius 2 is 2.00 bits per heavy atom. The molecule has 0 spiro atoms. The minimum absolute atomic E-state index is 0.183. The zero-order valence-electron chi connectivity index (χ0n) is 9.07. The largest absolute Gasteiger partial charge is 0.460 e. The van der Waals surface area contributed by atoms with Crippen molar-refractivity contribution in [2.75, 3.05) is 5.73 Å². The molecule has 2 heterocycles. The summed E-state index contributed by atoms with van der Waals surface area (Å²) in [5, 5.41) is 0. The summed E-state index contributed by atoms with van der Waals surface area (Å²) in [6, 6.07) is 3.95. The Bertz CT molecular complexity index is 469. The van der Waals surface area contributed by atoms with Crippen molar-refractivity contribution in [1.82, 2.24) is 4.98 Å². The Kier molecular flexibility index (Phi) is 2.26. The van der Waals surface area contributed by atoms with Crippen molar-refractivity contribution < 1.29 is 8.83 Å². The van der Waals surface area contributed by atoms with Gasteiger partial charge in [0.1, 0.15) is 17.2 Å². The first-order valence-corrected chi connectivity index (χ1v) is 4.91. The van der Waals surface area contributed by atoms with E-state index in [0.717, 1.165) is 11.5 Å². The molecule has 15 heavy (non-hydrogen) atoms. The van der Waals surface area contributed by atoms with Crippen LogP contribution < -0.4 is 5.73 Å². The minimum Gasteiger partial charge on any atom is -0.460 e. The van der Waals surface area contributed by atoms with E-state index < -0.39 is 0 Å². The lowest BCUT2D eigenvalue weighted by Gasteiger charge is -2.00. The molecule has 0 saturated heterocycles. The molecular formula is C11H14N2O2. The lowest BCUT2D eigenvalue weighted by Crippen LogP contribution is -1.87. The summed E-state index contributed by atoms with van der Waals surface area (Å²) in [5.41, 5.74) is 6.25. The van der Waals surface area contributed by atoms with Crippen LogP contribution in [0.5, 0.6) is 0 Å². The third-order valence-electron chi connectivity index (χ3n) is 2.17. The predicted octanol–water partition coefficient (Wildman–Crippen LogP) is 2.95. The zero-order valence-corrected chi connectivity index (χ0v) is 9.07. The van der Waals surface area contributed by atoms with E-state index in [1.165, 1.54) is 0 Å². The molecule has 2 aromatic heterocycles. The molecule has 0 saturated carbocycles. The molecule has 4 nitrogen and oxygen atoms in total. The molecule has 2 rings (SSSR count). The van der Waals surface area contributed by atoms with Crippen LogP contribution in [0.2, 0.25) is 0 Å². The maximum absolute atomic E-state index is 5.54. The highest BCUT2D eigenvalue weighted by Crippen LogP contribution is 2.31. The van der Waals surface area contributed by atoms with Crippen molar-refractivity contribution in [3.63, 3.8) is 0 Å². The molecule has 0 aliphatic carbocycles. The van der Waals surface area contributed by atoms with E-state index in [2.05, 4.69) is 4.98 Å². The van der Waals surface area contributed by atoms with E-state index in [-0.39, 0.29) is 11.9 Å². The molecule has 0 unspecified atom stereocenters. The number of rotatable bonds is 2. The van der Waals surface area contributed by atoms with Gasteiger partial charge in [-0.1, -0.05) is 13.8 Å². The van der Waals surface area contributed by atoms with Crippen LogP contribution in [0.4, 0.5) is 6.01 Å². The molecule has 0 radical (unpaired) electrons. The van der Waals surface area contributed by atoms with Gasteiger partial charge in [-0.2, -0.15) is 4.98 Å². The number of hydrogen-bond acceptors (Lipinski definition) is 4. The average Bonchev–Trinajstić information content (AvgIpc) is 2.71. The minimum atomic E-state index is 0.183. The second-order valence-corrected chi connectivity index (χ2v) is 3.83. The third-order valence-corrected chi connectivity index (χ3v) is 2.17. The number of nitrogens with two attached hydrogens (primary N) is 1. The highest BCUT2D eigenvalue weighted by atomic mass is 16.4. The summed E-state index contributed by atoms with van der Waals surface area (Å²) >= 11 is 0. The first-order chi connectivity index (χ1) is 7.08. The number of oxazole rings is 1. The van der Waals surface area contributed by atoms with Gasteiger partial charge in [-0.25, -0.2) is 0 Å². The molecule has 0 aliphatic rings. The monoisotopic (exact) mass is 206 g/mol. The van der Waals surface area contributed by atoms with Gasteiger partial charge in [-0.3, -0.25) is 0 Å². The van der Waals surface area contributed by atoms with Crippen molar-refractivity contribution in [1.29, 1.82) is 0 Å². The Balaban J connectivity index is 2.52. The number of nitrogens with zero attached hydrogens (tertiary/aromatic N) is 1. The van der Waals surface area contributed by atoms with Gasteiger partial charge in [0, 0.05) is 5.92 Å². The molecule has 0 aromatic carbocycles. The molecule has 4 heteroatoms. The van der Waals surface area contributed by atoms with Gasteiger partial charge >= 0.3 is 0 Å². The molecule has 2 aromatic rings. The number of aryl methyl sites for hydroxylation is 1. The standard InChI is InChI=1S/C11H14N2O2/c1-6(2)10-9(13-11(12)15-10)8-5-4-7(3)14-8/h4-6H,1-3H3,(H2,12,13). The molecule has 0 atom stereocenters. The third kappa shape index (κ3) is 1.75. The van der Waals surface area contributed by atoms with Gasteiger partial charge < -0.3 is 14.6 Å². The summed E-state index contributed by atoms with van der Waals surface area (Å²) in [5.74, 6) is 2.55. The highest BCUT2D eigenvalue weighted by molar-refractivity contribution is 5.57. The van der Waals surface area contributed by atoms with E-state index in [1.54, 1.807) is 0 Å². The van der Waals surface area contributed by atoms with Crippen LogP contribution >= 0.6 is 0 Å². The van der Waals surface area contributed by atoms with Crippen molar-refractivity contribution in [2.24, 2.45) is 0 Å². The maximum Gasteiger partial charge on any atom is 0.292 e. The summed E-state index contributed by atoms with van der Waals surface area (Å²) in [4.78, 5) is 4.13. The second-order valence-electron chi connectivity index (χ2n) is 3.83. The van der Waals surface area contributed by atoms with E-state index in [1.807, 2.05) is 32.9 Å². The predicted molar refractivity (Wildman–Crippen MR) is 57.4 cm³/mol. The zero-order chi connectivity index (χ0) is 11.0. The Morgan fingerprint density at radius 3 is 2.53 bits per heavy atom. The van der Waals surface area contributed by atoms with Crippen molar-refractivity contribution in [3.05, 3.63) is 23.7 Å². The first-order valence-electron chi connectivity index (χ1n) is 4.91. The van der Waals surface area contributed by atoms with Crippen molar-refractivity contribution in [2.45, 2.75) is 26.7 Å². The fourth-order valence-corrected chi connectivity index (χ4v) is 1.48. The Labute approximate surface area is 88.1 Å². The highest BCUT2D eigenvalue weighted by Gasteiger charge is 2.18. The maximum atomic E-state index is 5.54. The number of anilines is 1. The van der Waals surface area contributed by atoms with Crippen LogP contribution in [-0.4, -0.2) is 4.98 Å². The van der Waals surface area contributed by atoms with Gasteiger partial charge in [0.2, 0.25) is 0 Å². The molecule has 0 bridgehead atoms. The molecule has 2 N–H and O–H groups in total. The summed E-state index contributed by atoms with van der Waals surface area (Å²) < 4.78 is 10.8. The van der Waals surface area contributed by atoms with E-state index >= 15 is 0 Å². The lowest BCUT2D eigenvalue weighted by molar-refractivity contribution is 0.496. The SMILES string of the molecule is Cc1ccc(-c2nc(N)oc2C(C)C)o1. The Morgan fingerprint density at radius 1 is 1.27 bits per heavy atom. The van der Waals surface area contributed by atoms with Crippen molar-refractivity contribution in [3.8, 4) is 11.5 Å². The van der Waals surface area contributed by atoms with Gasteiger partial charge in [0.05, 0.1) is 0 Å². The fraction of sp³-hybridized carbons (Fsp3) is 0.364. The quantitative estimate of drug-likeness (QED) is 0.820. The van der Waals surface area contributed by atoms with Gasteiger partial charge in [0.15, 0.2) is 5.76 Å². The lowest BCUT2D eigenvalue weighted by atomic mass is 10.1. The average molecular weight is 206 g/mol. The number of aromatic nitrogens is 1.